The third kappa shape index (κ3) is 9.31. The minimum absolute atomic E-state index is 0.0785. The Bertz CT molecular complexity index is 1160. The van der Waals surface area contributed by atoms with Crippen molar-refractivity contribution in [2.24, 2.45) is 0 Å². The Hall–Kier alpha value is -2.58. The number of rotatable bonds is 11. The zero-order valence-corrected chi connectivity index (χ0v) is 26.2. The summed E-state index contributed by atoms with van der Waals surface area (Å²) in [7, 11) is 0. The van der Waals surface area contributed by atoms with E-state index in [1.807, 2.05) is 90.1 Å². The molecule has 0 bridgehead atoms. The SMILES string of the molecule is C=C(C)c1ccc(C(C)(C)NC(=O)OCC(Br)C(Br)COC(=O)NC(C)(C)c2cccc(C(=C)C)c2)cc1. The highest BCUT2D eigenvalue weighted by molar-refractivity contribution is 9.12. The molecule has 2 amide bonds. The zero-order valence-electron chi connectivity index (χ0n) is 23.0. The van der Waals surface area contributed by atoms with Gasteiger partial charge < -0.3 is 20.1 Å². The normalized spacial score (nSPS) is 13.2. The first-order valence-electron chi connectivity index (χ1n) is 12.3. The molecule has 2 aromatic rings. The molecule has 0 aliphatic rings. The van der Waals surface area contributed by atoms with E-state index in [-0.39, 0.29) is 22.9 Å². The molecule has 2 atom stereocenters. The average molecular weight is 650 g/mol. The molecule has 2 unspecified atom stereocenters. The van der Waals surface area contributed by atoms with Crippen molar-refractivity contribution in [2.45, 2.75) is 62.3 Å². The molecule has 0 aliphatic heterocycles. The third-order valence-electron chi connectivity index (χ3n) is 6.15. The van der Waals surface area contributed by atoms with Crippen LogP contribution in [0.2, 0.25) is 0 Å². The van der Waals surface area contributed by atoms with E-state index in [1.54, 1.807) is 0 Å². The number of benzene rings is 2. The summed E-state index contributed by atoms with van der Waals surface area (Å²) in [5.41, 5.74) is 4.62. The lowest BCUT2D eigenvalue weighted by Crippen LogP contribution is -2.43. The van der Waals surface area contributed by atoms with Gasteiger partial charge in [0, 0.05) is 0 Å². The first-order chi connectivity index (χ1) is 17.6. The first-order valence-corrected chi connectivity index (χ1v) is 14.2. The maximum Gasteiger partial charge on any atom is 0.407 e. The molecule has 0 radical (unpaired) electrons. The Labute approximate surface area is 243 Å². The molecule has 0 fully saturated rings. The Balaban J connectivity index is 1.82. The summed E-state index contributed by atoms with van der Waals surface area (Å²) in [6, 6.07) is 15.8. The number of hydrogen-bond acceptors (Lipinski definition) is 4. The minimum atomic E-state index is -0.642. The van der Waals surface area contributed by atoms with E-state index in [1.165, 1.54) is 0 Å². The van der Waals surface area contributed by atoms with Crippen LogP contribution < -0.4 is 10.6 Å². The van der Waals surface area contributed by atoms with E-state index in [2.05, 4.69) is 55.7 Å². The van der Waals surface area contributed by atoms with Gasteiger partial charge in [0.15, 0.2) is 0 Å². The lowest BCUT2D eigenvalue weighted by Gasteiger charge is -2.28. The first kappa shape index (κ1) is 31.6. The molecule has 0 aliphatic carbocycles. The molecule has 0 saturated carbocycles. The van der Waals surface area contributed by atoms with E-state index in [0.717, 1.165) is 33.4 Å². The van der Waals surface area contributed by atoms with E-state index in [0.29, 0.717) is 0 Å². The number of halogens is 2. The maximum absolute atomic E-state index is 12.5. The Kier molecular flexibility index (Phi) is 11.2. The third-order valence-corrected chi connectivity index (χ3v) is 8.66. The molecule has 0 aromatic heterocycles. The molecule has 2 rings (SSSR count). The molecule has 2 N–H and O–H groups in total. The molecule has 2 aromatic carbocycles. The number of hydrogen-bond donors (Lipinski definition) is 2. The van der Waals surface area contributed by atoms with Gasteiger partial charge in [0.2, 0.25) is 0 Å². The number of nitrogens with one attached hydrogen (secondary N) is 2. The largest absolute Gasteiger partial charge is 0.448 e. The predicted octanol–water partition coefficient (Wildman–Crippen LogP) is 7.90. The lowest BCUT2D eigenvalue weighted by molar-refractivity contribution is 0.123. The van der Waals surface area contributed by atoms with Crippen LogP contribution in [0.5, 0.6) is 0 Å². The monoisotopic (exact) mass is 648 g/mol. The summed E-state index contributed by atoms with van der Waals surface area (Å²) in [4.78, 5) is 24.4. The van der Waals surface area contributed by atoms with Crippen LogP contribution in [-0.2, 0) is 20.6 Å². The van der Waals surface area contributed by atoms with Crippen molar-refractivity contribution >= 4 is 55.2 Å². The van der Waals surface area contributed by atoms with Crippen molar-refractivity contribution in [2.75, 3.05) is 13.2 Å². The van der Waals surface area contributed by atoms with Crippen molar-refractivity contribution in [1.82, 2.24) is 10.6 Å². The number of ether oxygens (including phenoxy) is 2. The van der Waals surface area contributed by atoms with Crippen LogP contribution in [0.4, 0.5) is 9.59 Å². The van der Waals surface area contributed by atoms with Gasteiger partial charge in [-0.2, -0.15) is 0 Å². The van der Waals surface area contributed by atoms with E-state index in [9.17, 15) is 9.59 Å². The van der Waals surface area contributed by atoms with Gasteiger partial charge in [0.25, 0.3) is 0 Å². The summed E-state index contributed by atoms with van der Waals surface area (Å²) < 4.78 is 10.8. The highest BCUT2D eigenvalue weighted by Crippen LogP contribution is 2.25. The van der Waals surface area contributed by atoms with Gasteiger partial charge >= 0.3 is 12.2 Å². The fraction of sp³-hybridized carbons (Fsp3) is 0.400. The van der Waals surface area contributed by atoms with E-state index < -0.39 is 23.3 Å². The van der Waals surface area contributed by atoms with Crippen LogP contribution in [0.3, 0.4) is 0 Å². The van der Waals surface area contributed by atoms with Crippen molar-refractivity contribution in [1.29, 1.82) is 0 Å². The van der Waals surface area contributed by atoms with Gasteiger partial charge in [0.1, 0.15) is 13.2 Å². The Morgan fingerprint density at radius 1 is 0.763 bits per heavy atom. The molecule has 0 saturated heterocycles. The number of allylic oxidation sites excluding steroid dienone is 2. The summed E-state index contributed by atoms with van der Waals surface area (Å²) >= 11 is 7.02. The number of alkyl carbamates (subject to hydrolysis) is 2. The van der Waals surface area contributed by atoms with Gasteiger partial charge in [0.05, 0.1) is 20.7 Å². The molecule has 6 nitrogen and oxygen atoms in total. The Morgan fingerprint density at radius 3 is 1.66 bits per heavy atom. The molecular formula is C30H38Br2N2O4. The van der Waals surface area contributed by atoms with Crippen LogP contribution in [0.25, 0.3) is 11.1 Å². The maximum atomic E-state index is 12.5. The van der Waals surface area contributed by atoms with Crippen molar-refractivity contribution in [3.05, 3.63) is 83.9 Å². The van der Waals surface area contributed by atoms with Crippen LogP contribution >= 0.6 is 31.9 Å². The molecule has 8 heteroatoms. The summed E-state index contributed by atoms with van der Waals surface area (Å²) in [6.45, 7) is 19.6. The molecule has 38 heavy (non-hydrogen) atoms. The number of carbonyl (C=O) groups is 2. The smallest absolute Gasteiger partial charge is 0.407 e. The van der Waals surface area contributed by atoms with Crippen molar-refractivity contribution in [3.8, 4) is 0 Å². The zero-order chi connectivity index (χ0) is 28.7. The quantitative estimate of drug-likeness (QED) is 0.243. The second kappa shape index (κ2) is 13.5. The highest BCUT2D eigenvalue weighted by atomic mass is 79.9. The fourth-order valence-corrected chi connectivity index (χ4v) is 4.16. The van der Waals surface area contributed by atoms with E-state index in [4.69, 9.17) is 9.47 Å². The summed E-state index contributed by atoms with van der Waals surface area (Å²) in [6.07, 6.45) is -1.08. The van der Waals surface area contributed by atoms with Crippen LogP contribution in [0.15, 0.2) is 61.7 Å². The topological polar surface area (TPSA) is 76.7 Å². The van der Waals surface area contributed by atoms with Gasteiger partial charge in [-0.1, -0.05) is 98.6 Å². The number of amides is 2. The molecule has 206 valence electrons. The number of carbonyl (C=O) groups excluding carboxylic acids is 2. The predicted molar refractivity (Wildman–Crippen MR) is 163 cm³/mol. The van der Waals surface area contributed by atoms with Crippen LogP contribution in [0, 0.1) is 0 Å². The van der Waals surface area contributed by atoms with Gasteiger partial charge in [-0.05, 0) is 69.9 Å². The van der Waals surface area contributed by atoms with Gasteiger partial charge in [-0.15, -0.1) is 0 Å². The highest BCUT2D eigenvalue weighted by Gasteiger charge is 2.27. The Morgan fingerprint density at radius 2 is 1.21 bits per heavy atom. The number of alkyl halides is 2. The minimum Gasteiger partial charge on any atom is -0.448 e. The van der Waals surface area contributed by atoms with Crippen molar-refractivity contribution in [3.63, 3.8) is 0 Å². The van der Waals surface area contributed by atoms with Crippen LogP contribution in [0.1, 0.15) is 63.8 Å². The van der Waals surface area contributed by atoms with Crippen LogP contribution in [-0.4, -0.2) is 35.1 Å². The van der Waals surface area contributed by atoms with Gasteiger partial charge in [-0.25, -0.2) is 9.59 Å². The molecular weight excluding hydrogens is 612 g/mol. The molecule has 0 heterocycles. The van der Waals surface area contributed by atoms with Crippen molar-refractivity contribution < 1.29 is 19.1 Å². The summed E-state index contributed by atoms with van der Waals surface area (Å²) in [5.74, 6) is 0. The fourth-order valence-electron chi connectivity index (χ4n) is 3.59. The summed E-state index contributed by atoms with van der Waals surface area (Å²) in [5, 5.41) is 5.80. The standard InChI is InChI=1S/C30H38Br2N2O4/c1-19(2)21-12-14-23(15-13-21)29(5,6)33-27(35)37-17-25(31)26(32)18-38-28(36)34-30(7,8)24-11-9-10-22(16-24)20(3)4/h9-16,25-26H,1,3,17-18H2,2,4-8H3,(H,33,35)(H,34,36). The lowest BCUT2D eigenvalue weighted by atomic mass is 9.92. The molecule has 0 spiro atoms. The second-order valence-corrected chi connectivity index (χ2v) is 12.8. The van der Waals surface area contributed by atoms with E-state index >= 15 is 0 Å². The average Bonchev–Trinajstić information content (AvgIpc) is 2.85. The van der Waals surface area contributed by atoms with Gasteiger partial charge in [-0.3, -0.25) is 0 Å². The second-order valence-electron chi connectivity index (χ2n) is 10.4.